The van der Waals surface area contributed by atoms with E-state index in [0.717, 1.165) is 62.2 Å². The summed E-state index contributed by atoms with van der Waals surface area (Å²) in [7, 11) is 1.68. The monoisotopic (exact) mass is 376 g/mol. The maximum atomic E-state index is 5.47. The zero-order valence-corrected chi connectivity index (χ0v) is 16.0. The molecule has 0 saturated carbocycles. The molecule has 0 radical (unpaired) electrons. The van der Waals surface area contributed by atoms with Crippen molar-refractivity contribution in [3.8, 4) is 17.0 Å². The van der Waals surface area contributed by atoms with E-state index in [0.29, 0.717) is 0 Å². The number of benzene rings is 2. The van der Waals surface area contributed by atoms with Gasteiger partial charge in [-0.15, -0.1) is 0 Å². The lowest BCUT2D eigenvalue weighted by molar-refractivity contribution is 0.0366. The van der Waals surface area contributed by atoms with Crippen molar-refractivity contribution in [2.75, 3.05) is 40.0 Å². The molecule has 144 valence electrons. The van der Waals surface area contributed by atoms with Gasteiger partial charge in [-0.25, -0.2) is 4.98 Å². The molecule has 4 aromatic rings. The Morgan fingerprint density at radius 1 is 0.964 bits per heavy atom. The van der Waals surface area contributed by atoms with E-state index in [1.54, 1.807) is 7.11 Å². The molecule has 1 saturated heterocycles. The van der Waals surface area contributed by atoms with E-state index in [-0.39, 0.29) is 0 Å². The molecule has 0 N–H and O–H groups in total. The third-order valence-corrected chi connectivity index (χ3v) is 5.49. The second-order valence-corrected chi connectivity index (χ2v) is 7.12. The number of rotatable bonds is 5. The third kappa shape index (κ3) is 3.04. The summed E-state index contributed by atoms with van der Waals surface area (Å²) in [4.78, 5) is 7.44. The highest BCUT2D eigenvalue weighted by atomic mass is 16.5. The normalized spacial score (nSPS) is 15.5. The standard InChI is InChI=1S/C22H24N4O2/c1-27-18-8-6-17(7-9-18)19-16-26-21-5-3-2-4-20(21)25(22(26)23-19)11-10-24-12-14-28-15-13-24/h2-9,16H,10-15H2,1H3. The van der Waals surface area contributed by atoms with Crippen molar-refractivity contribution < 1.29 is 9.47 Å². The van der Waals surface area contributed by atoms with Crippen LogP contribution < -0.4 is 4.74 Å². The lowest BCUT2D eigenvalue weighted by atomic mass is 10.2. The Labute approximate surface area is 163 Å². The SMILES string of the molecule is COc1ccc(-c2cn3c4ccccc4n(CCN4CCOCC4)c3n2)cc1. The lowest BCUT2D eigenvalue weighted by Gasteiger charge is -2.26. The maximum absolute atomic E-state index is 5.47. The molecular weight excluding hydrogens is 352 g/mol. The largest absolute Gasteiger partial charge is 0.497 e. The number of morpholine rings is 1. The lowest BCUT2D eigenvalue weighted by Crippen LogP contribution is -2.38. The summed E-state index contributed by atoms with van der Waals surface area (Å²) in [6.07, 6.45) is 2.13. The molecule has 5 rings (SSSR count). The molecule has 2 aromatic heterocycles. The van der Waals surface area contributed by atoms with Gasteiger partial charge in [0, 0.05) is 37.9 Å². The first-order chi connectivity index (χ1) is 13.8. The number of para-hydroxylation sites is 2. The van der Waals surface area contributed by atoms with E-state index in [9.17, 15) is 0 Å². The number of fused-ring (bicyclic) bond motifs is 3. The van der Waals surface area contributed by atoms with Crippen LogP contribution in [0, 0.1) is 0 Å². The second kappa shape index (κ2) is 7.30. The van der Waals surface area contributed by atoms with E-state index < -0.39 is 0 Å². The van der Waals surface area contributed by atoms with Gasteiger partial charge in [0.2, 0.25) is 5.78 Å². The zero-order chi connectivity index (χ0) is 18.9. The van der Waals surface area contributed by atoms with Gasteiger partial charge in [-0.05, 0) is 36.4 Å². The highest BCUT2D eigenvalue weighted by molar-refractivity contribution is 5.82. The smallest absolute Gasteiger partial charge is 0.215 e. The van der Waals surface area contributed by atoms with Crippen molar-refractivity contribution in [2.45, 2.75) is 6.54 Å². The first-order valence-electron chi connectivity index (χ1n) is 9.74. The summed E-state index contributed by atoms with van der Waals surface area (Å²) >= 11 is 0. The van der Waals surface area contributed by atoms with Crippen molar-refractivity contribution in [1.29, 1.82) is 0 Å². The zero-order valence-electron chi connectivity index (χ0n) is 16.0. The van der Waals surface area contributed by atoms with Crippen molar-refractivity contribution >= 4 is 16.8 Å². The van der Waals surface area contributed by atoms with Crippen LogP contribution in [0.25, 0.3) is 28.1 Å². The van der Waals surface area contributed by atoms with Gasteiger partial charge in [0.25, 0.3) is 0 Å². The Morgan fingerprint density at radius 2 is 1.71 bits per heavy atom. The van der Waals surface area contributed by atoms with E-state index in [1.807, 2.05) is 12.1 Å². The van der Waals surface area contributed by atoms with Crippen molar-refractivity contribution in [2.24, 2.45) is 0 Å². The average Bonchev–Trinajstić information content (AvgIpc) is 3.31. The minimum Gasteiger partial charge on any atom is -0.497 e. The molecule has 0 spiro atoms. The van der Waals surface area contributed by atoms with Crippen molar-refractivity contribution in [1.82, 2.24) is 18.9 Å². The summed E-state index contributed by atoms with van der Waals surface area (Å²) in [6.45, 7) is 5.57. The molecule has 0 unspecified atom stereocenters. The quantitative estimate of drug-likeness (QED) is 0.536. The number of imidazole rings is 2. The Balaban J connectivity index is 1.53. The Morgan fingerprint density at radius 3 is 2.46 bits per heavy atom. The molecule has 6 heteroatoms. The van der Waals surface area contributed by atoms with Crippen LogP contribution in [0.3, 0.4) is 0 Å². The number of hydrogen-bond acceptors (Lipinski definition) is 4. The minimum absolute atomic E-state index is 0.826. The molecule has 1 fully saturated rings. The van der Waals surface area contributed by atoms with Gasteiger partial charge in [-0.2, -0.15) is 0 Å². The van der Waals surface area contributed by atoms with Crippen LogP contribution >= 0.6 is 0 Å². The van der Waals surface area contributed by atoms with Crippen LogP contribution in [0.15, 0.2) is 54.7 Å². The predicted molar refractivity (Wildman–Crippen MR) is 110 cm³/mol. The number of hydrogen-bond donors (Lipinski definition) is 0. The molecule has 1 aliphatic rings. The molecule has 28 heavy (non-hydrogen) atoms. The van der Waals surface area contributed by atoms with Gasteiger partial charge >= 0.3 is 0 Å². The second-order valence-electron chi connectivity index (χ2n) is 7.12. The van der Waals surface area contributed by atoms with Gasteiger partial charge in [0.15, 0.2) is 0 Å². The molecule has 2 aromatic carbocycles. The van der Waals surface area contributed by atoms with E-state index in [4.69, 9.17) is 14.5 Å². The Kier molecular flexibility index (Phi) is 4.50. The highest BCUT2D eigenvalue weighted by Crippen LogP contribution is 2.26. The molecule has 0 atom stereocenters. The minimum atomic E-state index is 0.826. The van der Waals surface area contributed by atoms with Gasteiger partial charge in [0.1, 0.15) is 5.75 Å². The fraction of sp³-hybridized carbons (Fsp3) is 0.318. The van der Waals surface area contributed by atoms with E-state index in [2.05, 4.69) is 56.5 Å². The van der Waals surface area contributed by atoms with Crippen molar-refractivity contribution in [3.05, 3.63) is 54.7 Å². The predicted octanol–water partition coefficient (Wildman–Crippen LogP) is 3.30. The number of ether oxygens (including phenoxy) is 2. The van der Waals surface area contributed by atoms with E-state index in [1.165, 1.54) is 11.0 Å². The van der Waals surface area contributed by atoms with E-state index >= 15 is 0 Å². The van der Waals surface area contributed by atoms with Crippen LogP contribution in [0.2, 0.25) is 0 Å². The van der Waals surface area contributed by atoms with Gasteiger partial charge in [-0.3, -0.25) is 9.30 Å². The summed E-state index contributed by atoms with van der Waals surface area (Å²) < 4.78 is 15.3. The highest BCUT2D eigenvalue weighted by Gasteiger charge is 2.16. The van der Waals surface area contributed by atoms with Gasteiger partial charge < -0.3 is 14.0 Å². The summed E-state index contributed by atoms with van der Waals surface area (Å²) in [5, 5.41) is 0. The average molecular weight is 376 g/mol. The molecular formula is C22H24N4O2. The first kappa shape index (κ1) is 17.3. The summed E-state index contributed by atoms with van der Waals surface area (Å²) in [6, 6.07) is 16.6. The first-order valence-corrected chi connectivity index (χ1v) is 9.74. The van der Waals surface area contributed by atoms with Gasteiger partial charge in [0.05, 0.1) is 37.1 Å². The molecule has 3 heterocycles. The fourth-order valence-corrected chi connectivity index (χ4v) is 3.93. The number of nitrogens with zero attached hydrogens (tertiary/aromatic N) is 4. The Bertz CT molecular complexity index is 1090. The number of aromatic nitrogens is 3. The summed E-state index contributed by atoms with van der Waals surface area (Å²) in [5.41, 5.74) is 4.48. The van der Waals surface area contributed by atoms with Crippen molar-refractivity contribution in [3.63, 3.8) is 0 Å². The molecule has 1 aliphatic heterocycles. The third-order valence-electron chi connectivity index (χ3n) is 5.49. The molecule has 6 nitrogen and oxygen atoms in total. The van der Waals surface area contributed by atoms with Crippen LogP contribution in [-0.4, -0.2) is 58.8 Å². The van der Waals surface area contributed by atoms with Crippen LogP contribution in [0.1, 0.15) is 0 Å². The van der Waals surface area contributed by atoms with Crippen LogP contribution in [-0.2, 0) is 11.3 Å². The van der Waals surface area contributed by atoms with Gasteiger partial charge in [-0.1, -0.05) is 12.1 Å². The van der Waals surface area contributed by atoms with Crippen LogP contribution in [0.4, 0.5) is 0 Å². The fourth-order valence-electron chi connectivity index (χ4n) is 3.93. The van der Waals surface area contributed by atoms with Crippen LogP contribution in [0.5, 0.6) is 5.75 Å². The maximum Gasteiger partial charge on any atom is 0.215 e. The summed E-state index contributed by atoms with van der Waals surface area (Å²) in [5.74, 6) is 1.84. The molecule has 0 amide bonds. The number of methoxy groups -OCH3 is 1. The molecule has 0 aliphatic carbocycles. The molecule has 0 bridgehead atoms. The topological polar surface area (TPSA) is 43.9 Å². The Hall–Kier alpha value is -2.83.